The number of fused-ring (bicyclic) bond motifs is 1. The summed E-state index contributed by atoms with van der Waals surface area (Å²) in [5, 5.41) is 9.23. The van der Waals surface area contributed by atoms with Gasteiger partial charge in [0.2, 0.25) is 0 Å². The van der Waals surface area contributed by atoms with Crippen molar-refractivity contribution in [2.24, 2.45) is 23.2 Å². The van der Waals surface area contributed by atoms with Gasteiger partial charge in [-0.1, -0.05) is 36.8 Å². The number of carbonyl (C=O) groups is 2. The van der Waals surface area contributed by atoms with E-state index in [4.69, 9.17) is 0 Å². The van der Waals surface area contributed by atoms with Gasteiger partial charge in [-0.05, 0) is 37.7 Å². The summed E-state index contributed by atoms with van der Waals surface area (Å²) in [5.41, 5.74) is 1.85. The second-order valence-corrected chi connectivity index (χ2v) is 6.30. The van der Waals surface area contributed by atoms with Crippen molar-refractivity contribution < 1.29 is 14.7 Å². The number of carboxylic acids is 1. The van der Waals surface area contributed by atoms with Crippen LogP contribution >= 0.6 is 0 Å². The average Bonchev–Trinajstić information content (AvgIpc) is 3.00. The fraction of sp³-hybridized carbons (Fsp3) is 0.529. The first-order chi connectivity index (χ1) is 9.50. The lowest BCUT2D eigenvalue weighted by Crippen LogP contribution is -2.26. The highest BCUT2D eigenvalue weighted by atomic mass is 16.4. The number of benzene rings is 1. The molecule has 0 bridgehead atoms. The number of rotatable bonds is 4. The maximum absolute atomic E-state index is 12.6. The van der Waals surface area contributed by atoms with E-state index in [2.05, 4.69) is 24.3 Å². The molecule has 0 saturated heterocycles. The first kappa shape index (κ1) is 13.3. The molecule has 1 aromatic rings. The quantitative estimate of drug-likeness (QED) is 0.917. The van der Waals surface area contributed by atoms with Crippen LogP contribution in [0.2, 0.25) is 0 Å². The molecule has 0 aliphatic heterocycles. The lowest BCUT2D eigenvalue weighted by atomic mass is 9.86. The summed E-state index contributed by atoms with van der Waals surface area (Å²) in [7, 11) is 0. The fourth-order valence-corrected chi connectivity index (χ4v) is 4.23. The maximum atomic E-state index is 12.6. The second kappa shape index (κ2) is 4.44. The van der Waals surface area contributed by atoms with Crippen molar-refractivity contribution in [3.63, 3.8) is 0 Å². The summed E-state index contributed by atoms with van der Waals surface area (Å²) in [4.78, 5) is 23.9. The Morgan fingerprint density at radius 3 is 2.50 bits per heavy atom. The normalized spacial score (nSPS) is 34.9. The van der Waals surface area contributed by atoms with Crippen LogP contribution in [-0.2, 0) is 16.0 Å². The highest BCUT2D eigenvalue weighted by Crippen LogP contribution is 2.69. The summed E-state index contributed by atoms with van der Waals surface area (Å²) in [6.45, 7) is 3.99. The van der Waals surface area contributed by atoms with Crippen LogP contribution < -0.4 is 0 Å². The third kappa shape index (κ3) is 1.72. The molecule has 0 spiro atoms. The Morgan fingerprint density at radius 2 is 2.00 bits per heavy atom. The third-order valence-electron chi connectivity index (χ3n) is 5.33. The van der Waals surface area contributed by atoms with Crippen LogP contribution in [0.25, 0.3) is 0 Å². The van der Waals surface area contributed by atoms with Gasteiger partial charge in [0.25, 0.3) is 0 Å². The number of Topliss-reactive ketones (excluding diaryl/α,β-unsaturated/α-hetero) is 1. The van der Waals surface area contributed by atoms with Crippen molar-refractivity contribution in [1.29, 1.82) is 0 Å². The molecule has 0 radical (unpaired) electrons. The number of aliphatic carboxylic acids is 1. The van der Waals surface area contributed by atoms with Gasteiger partial charge in [-0.2, -0.15) is 0 Å². The molecule has 2 aliphatic rings. The van der Waals surface area contributed by atoms with Crippen LogP contribution in [0.4, 0.5) is 0 Å². The van der Waals surface area contributed by atoms with Crippen LogP contribution in [0.5, 0.6) is 0 Å². The number of hydrogen-bond acceptors (Lipinski definition) is 2. The maximum Gasteiger partial charge on any atom is 0.307 e. The smallest absolute Gasteiger partial charge is 0.307 e. The van der Waals surface area contributed by atoms with Gasteiger partial charge in [0, 0.05) is 11.3 Å². The zero-order valence-corrected chi connectivity index (χ0v) is 11.9. The van der Waals surface area contributed by atoms with E-state index < -0.39 is 17.3 Å². The number of carboxylic acid groups (broad SMARTS) is 1. The van der Waals surface area contributed by atoms with E-state index in [0.29, 0.717) is 6.42 Å². The largest absolute Gasteiger partial charge is 0.481 e. The summed E-state index contributed by atoms with van der Waals surface area (Å²) in [6.07, 6.45) is 2.17. The fourth-order valence-electron chi connectivity index (χ4n) is 4.23. The van der Waals surface area contributed by atoms with E-state index in [1.165, 1.54) is 11.1 Å². The van der Waals surface area contributed by atoms with Crippen molar-refractivity contribution >= 4 is 11.8 Å². The van der Waals surface area contributed by atoms with Gasteiger partial charge in [-0.25, -0.2) is 0 Å². The van der Waals surface area contributed by atoms with E-state index in [1.807, 2.05) is 13.8 Å². The molecule has 2 aliphatic carbocycles. The van der Waals surface area contributed by atoms with Crippen LogP contribution in [0.1, 0.15) is 30.9 Å². The zero-order chi connectivity index (χ0) is 14.5. The van der Waals surface area contributed by atoms with Gasteiger partial charge in [0.1, 0.15) is 5.78 Å². The monoisotopic (exact) mass is 272 g/mol. The Hall–Kier alpha value is -1.64. The molecule has 0 amide bonds. The summed E-state index contributed by atoms with van der Waals surface area (Å²) >= 11 is 0. The molecular weight excluding hydrogens is 252 g/mol. The van der Waals surface area contributed by atoms with Crippen LogP contribution in [0, 0.1) is 30.1 Å². The topological polar surface area (TPSA) is 54.4 Å². The van der Waals surface area contributed by atoms with E-state index >= 15 is 0 Å². The Balaban J connectivity index is 1.75. The SMILES string of the molecule is CCC12C(=O)C(Cc3ccc(C)cc3)CC1C2C(=O)O. The van der Waals surface area contributed by atoms with Gasteiger partial charge in [-0.3, -0.25) is 9.59 Å². The number of ketones is 1. The lowest BCUT2D eigenvalue weighted by molar-refractivity contribution is -0.142. The Kier molecular flexibility index (Phi) is 2.96. The molecule has 4 atom stereocenters. The Bertz CT molecular complexity index is 560. The molecule has 0 aromatic heterocycles. The van der Waals surface area contributed by atoms with Gasteiger partial charge < -0.3 is 5.11 Å². The minimum atomic E-state index is -0.793. The lowest BCUT2D eigenvalue weighted by Gasteiger charge is -2.16. The van der Waals surface area contributed by atoms with E-state index in [9.17, 15) is 14.7 Å². The molecule has 3 rings (SSSR count). The predicted molar refractivity (Wildman–Crippen MR) is 75.3 cm³/mol. The third-order valence-corrected chi connectivity index (χ3v) is 5.33. The number of carbonyl (C=O) groups excluding carboxylic acids is 1. The van der Waals surface area contributed by atoms with E-state index in [-0.39, 0.29) is 17.6 Å². The van der Waals surface area contributed by atoms with E-state index in [1.54, 1.807) is 0 Å². The minimum absolute atomic E-state index is 0.0123. The highest BCUT2D eigenvalue weighted by molar-refractivity contribution is 5.99. The van der Waals surface area contributed by atoms with Gasteiger partial charge in [0.15, 0.2) is 0 Å². The van der Waals surface area contributed by atoms with E-state index in [0.717, 1.165) is 12.8 Å². The van der Waals surface area contributed by atoms with Crippen LogP contribution in [0.3, 0.4) is 0 Å². The van der Waals surface area contributed by atoms with Crippen LogP contribution in [0.15, 0.2) is 24.3 Å². The molecule has 0 heterocycles. The van der Waals surface area contributed by atoms with Gasteiger partial charge in [-0.15, -0.1) is 0 Å². The zero-order valence-electron chi connectivity index (χ0n) is 11.9. The minimum Gasteiger partial charge on any atom is -0.481 e. The van der Waals surface area contributed by atoms with Gasteiger partial charge >= 0.3 is 5.97 Å². The van der Waals surface area contributed by atoms with Crippen molar-refractivity contribution in [1.82, 2.24) is 0 Å². The molecule has 1 aromatic carbocycles. The standard InChI is InChI=1S/C17H20O3/c1-3-17-13(14(17)16(19)20)9-12(15(17)18)8-11-6-4-10(2)5-7-11/h4-7,12-14H,3,8-9H2,1-2H3,(H,19,20). The molecule has 3 nitrogen and oxygen atoms in total. The molecule has 2 fully saturated rings. The predicted octanol–water partition coefficient (Wildman–Crippen LogP) is 2.85. The first-order valence-corrected chi connectivity index (χ1v) is 7.33. The first-order valence-electron chi connectivity index (χ1n) is 7.33. The Labute approximate surface area is 119 Å². The highest BCUT2D eigenvalue weighted by Gasteiger charge is 2.75. The molecule has 2 saturated carbocycles. The van der Waals surface area contributed by atoms with Crippen molar-refractivity contribution in [3.8, 4) is 0 Å². The average molecular weight is 272 g/mol. The second-order valence-electron chi connectivity index (χ2n) is 6.30. The Morgan fingerprint density at radius 1 is 1.35 bits per heavy atom. The van der Waals surface area contributed by atoms with Crippen LogP contribution in [-0.4, -0.2) is 16.9 Å². The summed E-state index contributed by atoms with van der Waals surface area (Å²) in [6, 6.07) is 8.26. The van der Waals surface area contributed by atoms with Crippen molar-refractivity contribution in [2.45, 2.75) is 33.1 Å². The molecule has 106 valence electrons. The summed E-state index contributed by atoms with van der Waals surface area (Å²) < 4.78 is 0. The molecule has 20 heavy (non-hydrogen) atoms. The summed E-state index contributed by atoms with van der Waals surface area (Å²) in [5.74, 6) is -0.933. The molecular formula is C17H20O3. The number of aryl methyl sites for hydroxylation is 1. The number of hydrogen-bond donors (Lipinski definition) is 1. The molecule has 1 N–H and O–H groups in total. The molecule has 4 unspecified atom stereocenters. The van der Waals surface area contributed by atoms with Crippen molar-refractivity contribution in [3.05, 3.63) is 35.4 Å². The van der Waals surface area contributed by atoms with Gasteiger partial charge in [0.05, 0.1) is 5.92 Å². The molecule has 3 heteroatoms. The van der Waals surface area contributed by atoms with Crippen molar-refractivity contribution in [2.75, 3.05) is 0 Å².